The highest BCUT2D eigenvalue weighted by molar-refractivity contribution is 6.18. The molecular weight excluding hydrogens is 152 g/mol. The van der Waals surface area contributed by atoms with Gasteiger partial charge in [-0.3, -0.25) is 4.79 Å². The summed E-state index contributed by atoms with van der Waals surface area (Å²) in [4.78, 5) is 10.5. The van der Waals surface area contributed by atoms with E-state index in [0.29, 0.717) is 6.42 Å². The van der Waals surface area contributed by atoms with Crippen LogP contribution in [0.2, 0.25) is 0 Å². The van der Waals surface area contributed by atoms with Crippen molar-refractivity contribution in [2.24, 2.45) is 0 Å². The minimum absolute atomic E-state index is 0.222. The predicted octanol–water partition coefficient (Wildman–Crippen LogP) is 1.53. The Morgan fingerprint density at radius 3 is 2.90 bits per heavy atom. The van der Waals surface area contributed by atoms with Gasteiger partial charge in [-0.25, -0.2) is 0 Å². The van der Waals surface area contributed by atoms with E-state index in [9.17, 15) is 4.79 Å². The summed E-state index contributed by atoms with van der Waals surface area (Å²) in [6.07, 6.45) is 3.17. The Balaban J connectivity index is 3.39. The summed E-state index contributed by atoms with van der Waals surface area (Å²) in [7, 11) is 0. The Kier molecular flexibility index (Phi) is 6.00. The summed E-state index contributed by atoms with van der Waals surface area (Å²) in [5.74, 6) is 2.52. The van der Waals surface area contributed by atoms with Gasteiger partial charge in [0, 0.05) is 12.3 Å². The fourth-order valence-electron chi connectivity index (χ4n) is 0.293. The van der Waals surface area contributed by atoms with Crippen molar-refractivity contribution in [2.75, 3.05) is 5.88 Å². The van der Waals surface area contributed by atoms with Crippen molar-refractivity contribution in [3.8, 4) is 12.0 Å². The van der Waals surface area contributed by atoms with Crippen LogP contribution in [0, 0.1) is 12.0 Å². The normalized spacial score (nSPS) is 7.80. The Morgan fingerprint density at radius 1 is 1.70 bits per heavy atom. The van der Waals surface area contributed by atoms with Crippen molar-refractivity contribution in [3.63, 3.8) is 0 Å². The molecule has 0 spiro atoms. The fraction of sp³-hybridized carbons (Fsp3) is 0.571. The van der Waals surface area contributed by atoms with Gasteiger partial charge in [0.25, 0.3) is 0 Å². The molecule has 0 aliphatic carbocycles. The largest absolute Gasteiger partial charge is 0.372 e. The van der Waals surface area contributed by atoms with Crippen LogP contribution in [0.5, 0.6) is 0 Å². The minimum Gasteiger partial charge on any atom is -0.372 e. The van der Waals surface area contributed by atoms with Gasteiger partial charge in [0.15, 0.2) is 0 Å². The van der Waals surface area contributed by atoms with Gasteiger partial charge >= 0.3 is 5.97 Å². The second-order valence-corrected chi connectivity index (χ2v) is 1.92. The predicted molar refractivity (Wildman–Crippen MR) is 39.5 cm³/mol. The lowest BCUT2D eigenvalue weighted by Gasteiger charge is -1.89. The number of esters is 1. The van der Waals surface area contributed by atoms with Crippen LogP contribution < -0.4 is 0 Å². The number of alkyl halides is 1. The maximum atomic E-state index is 10.5. The zero-order valence-corrected chi connectivity index (χ0v) is 6.57. The third-order valence-electron chi connectivity index (χ3n) is 0.712. The molecule has 0 atom stereocenters. The molecule has 0 amide bonds. The van der Waals surface area contributed by atoms with E-state index in [1.165, 1.54) is 0 Å². The van der Waals surface area contributed by atoms with Crippen molar-refractivity contribution in [1.29, 1.82) is 0 Å². The fourth-order valence-corrected chi connectivity index (χ4v) is 0.448. The number of halogens is 1. The molecule has 56 valence electrons. The zero-order chi connectivity index (χ0) is 7.82. The van der Waals surface area contributed by atoms with Crippen LogP contribution in [0.25, 0.3) is 0 Å². The smallest absolute Gasteiger partial charge is 0.320 e. The molecule has 0 aliphatic rings. The second-order valence-electron chi connectivity index (χ2n) is 1.55. The van der Waals surface area contributed by atoms with Crippen LogP contribution in [0.1, 0.15) is 19.8 Å². The van der Waals surface area contributed by atoms with E-state index >= 15 is 0 Å². The average molecular weight is 161 g/mol. The van der Waals surface area contributed by atoms with E-state index in [4.69, 9.17) is 11.6 Å². The summed E-state index contributed by atoms with van der Waals surface area (Å²) < 4.78 is 4.44. The van der Waals surface area contributed by atoms with E-state index in [-0.39, 0.29) is 18.3 Å². The molecule has 2 nitrogen and oxygen atoms in total. The Labute approximate surface area is 65.5 Å². The lowest BCUT2D eigenvalue weighted by atomic mass is 10.5. The molecule has 0 heterocycles. The van der Waals surface area contributed by atoms with Crippen LogP contribution >= 0.6 is 11.6 Å². The minimum atomic E-state index is -0.365. The van der Waals surface area contributed by atoms with Crippen LogP contribution in [0.15, 0.2) is 0 Å². The molecule has 0 saturated carbocycles. The third-order valence-corrected chi connectivity index (χ3v) is 0.901. The summed E-state index contributed by atoms with van der Waals surface area (Å²) in [5.41, 5.74) is 0. The van der Waals surface area contributed by atoms with Crippen molar-refractivity contribution in [1.82, 2.24) is 0 Å². The molecule has 3 heteroatoms. The van der Waals surface area contributed by atoms with Gasteiger partial charge in [0.2, 0.25) is 0 Å². The first-order chi connectivity index (χ1) is 4.81. The van der Waals surface area contributed by atoms with Crippen LogP contribution in [-0.4, -0.2) is 11.8 Å². The van der Waals surface area contributed by atoms with Crippen LogP contribution in [0.4, 0.5) is 0 Å². The molecule has 0 fully saturated rings. The third kappa shape index (κ3) is 5.46. The highest BCUT2D eigenvalue weighted by Gasteiger charge is 1.96. The van der Waals surface area contributed by atoms with E-state index in [1.807, 2.05) is 6.92 Å². The second kappa shape index (κ2) is 6.44. The molecule has 0 saturated heterocycles. The summed E-state index contributed by atoms with van der Waals surface area (Å²) in [6, 6.07) is 0. The number of rotatable bonds is 2. The topological polar surface area (TPSA) is 26.3 Å². The standard InChI is InChI=1S/C7H9ClO2/c1-2-3-6-10-7(9)4-5-8/h2,4-5H2,1H3. The summed E-state index contributed by atoms with van der Waals surface area (Å²) in [6.45, 7) is 1.88. The molecule has 0 radical (unpaired) electrons. The maximum absolute atomic E-state index is 10.5. The van der Waals surface area contributed by atoms with Crippen LogP contribution in [-0.2, 0) is 9.53 Å². The van der Waals surface area contributed by atoms with Gasteiger partial charge < -0.3 is 4.74 Å². The lowest BCUT2D eigenvalue weighted by Crippen LogP contribution is -1.99. The molecule has 0 bridgehead atoms. The molecule has 0 aliphatic heterocycles. The Morgan fingerprint density at radius 2 is 2.40 bits per heavy atom. The molecule has 0 N–H and O–H groups in total. The van der Waals surface area contributed by atoms with Crippen molar-refractivity contribution < 1.29 is 9.53 Å². The first kappa shape index (κ1) is 9.32. The molecule has 0 aromatic carbocycles. The first-order valence-electron chi connectivity index (χ1n) is 3.04. The van der Waals surface area contributed by atoms with Gasteiger partial charge in [0.1, 0.15) is 6.11 Å². The molecule has 10 heavy (non-hydrogen) atoms. The van der Waals surface area contributed by atoms with Crippen molar-refractivity contribution in [3.05, 3.63) is 0 Å². The Hall–Kier alpha value is -0.680. The molecule has 0 aromatic rings. The number of ether oxygens (including phenoxy) is 1. The lowest BCUT2D eigenvalue weighted by molar-refractivity contribution is -0.136. The summed E-state index contributed by atoms with van der Waals surface area (Å²) in [5, 5.41) is 0. The summed E-state index contributed by atoms with van der Waals surface area (Å²) >= 11 is 5.26. The molecule has 0 aromatic heterocycles. The highest BCUT2D eigenvalue weighted by atomic mass is 35.5. The monoisotopic (exact) mass is 160 g/mol. The van der Waals surface area contributed by atoms with Gasteiger partial charge in [-0.1, -0.05) is 12.8 Å². The molecular formula is C7H9ClO2. The average Bonchev–Trinajstić information content (AvgIpc) is 1.89. The number of hydrogen-bond acceptors (Lipinski definition) is 2. The van der Waals surface area contributed by atoms with E-state index in [1.54, 1.807) is 0 Å². The van der Waals surface area contributed by atoms with Gasteiger partial charge in [-0.05, 0) is 0 Å². The number of carbonyl (C=O) groups excluding carboxylic acids is 1. The van der Waals surface area contributed by atoms with Crippen molar-refractivity contribution >= 4 is 17.6 Å². The van der Waals surface area contributed by atoms with Gasteiger partial charge in [-0.15, -0.1) is 11.6 Å². The first-order valence-corrected chi connectivity index (χ1v) is 3.58. The highest BCUT2D eigenvalue weighted by Crippen LogP contribution is 1.87. The Bertz CT molecular complexity index is 155. The van der Waals surface area contributed by atoms with Gasteiger partial charge in [0.05, 0.1) is 6.42 Å². The van der Waals surface area contributed by atoms with E-state index in [2.05, 4.69) is 16.8 Å². The quantitative estimate of drug-likeness (QED) is 0.348. The number of carbonyl (C=O) groups is 1. The maximum Gasteiger partial charge on any atom is 0.320 e. The van der Waals surface area contributed by atoms with E-state index in [0.717, 1.165) is 0 Å². The number of hydrogen-bond donors (Lipinski definition) is 0. The van der Waals surface area contributed by atoms with Crippen molar-refractivity contribution in [2.45, 2.75) is 19.8 Å². The zero-order valence-electron chi connectivity index (χ0n) is 5.82. The van der Waals surface area contributed by atoms with Crippen LogP contribution in [0.3, 0.4) is 0 Å². The molecule has 0 unspecified atom stereocenters. The SMILES string of the molecule is CCC#COC(=O)CCCl. The molecule has 0 rings (SSSR count). The van der Waals surface area contributed by atoms with Gasteiger partial charge in [-0.2, -0.15) is 0 Å². The van der Waals surface area contributed by atoms with E-state index < -0.39 is 0 Å².